The topological polar surface area (TPSA) is 32.3 Å². The fourth-order valence-corrected chi connectivity index (χ4v) is 5.88. The lowest BCUT2D eigenvalue weighted by Crippen LogP contribution is -2.25. The van der Waals surface area contributed by atoms with Crippen molar-refractivity contribution in [3.63, 3.8) is 0 Å². The molecule has 0 atom stereocenters. The van der Waals surface area contributed by atoms with Gasteiger partial charge in [0.25, 0.3) is 0 Å². The number of hydrogen-bond donors (Lipinski definition) is 1. The Labute approximate surface area is 247 Å². The lowest BCUT2D eigenvalue weighted by atomic mass is 9.89. The van der Waals surface area contributed by atoms with Gasteiger partial charge in [0, 0.05) is 13.0 Å². The van der Waals surface area contributed by atoms with Crippen LogP contribution < -0.4 is 5.32 Å². The Morgan fingerprint density at radius 2 is 0.872 bits per heavy atom. The van der Waals surface area contributed by atoms with Crippen LogP contribution in [0.1, 0.15) is 194 Å². The summed E-state index contributed by atoms with van der Waals surface area (Å²) in [6.07, 6.45) is 38.6. The molecule has 1 amide bonds. The molecule has 0 fully saturated rings. The van der Waals surface area contributed by atoms with Gasteiger partial charge in [0.05, 0.1) is 0 Å². The zero-order chi connectivity index (χ0) is 28.7. The van der Waals surface area contributed by atoms with Crippen molar-refractivity contribution >= 4 is 5.91 Å². The van der Waals surface area contributed by atoms with E-state index in [0.29, 0.717) is 6.42 Å². The number of unbranched alkanes of at least 4 members (excludes halogenated alkanes) is 20. The maximum absolute atomic E-state index is 11.9. The summed E-state index contributed by atoms with van der Waals surface area (Å²) in [5, 5.41) is 3.09. The molecular formula is C36H74N2O. The maximum Gasteiger partial charge on any atom is 0.220 e. The van der Waals surface area contributed by atoms with E-state index in [2.05, 4.69) is 38.2 Å². The van der Waals surface area contributed by atoms with Gasteiger partial charge in [-0.1, -0.05) is 174 Å². The highest BCUT2D eigenvalue weighted by Crippen LogP contribution is 2.25. The Kier molecular flexibility index (Phi) is 31.5. The fraction of sp³-hybridized carbons (Fsp3) is 0.972. The van der Waals surface area contributed by atoms with Crippen LogP contribution in [0.5, 0.6) is 0 Å². The van der Waals surface area contributed by atoms with Gasteiger partial charge in [-0.25, -0.2) is 0 Å². The molecule has 0 aromatic rings. The average molecular weight is 551 g/mol. The third-order valence-corrected chi connectivity index (χ3v) is 8.55. The molecule has 3 heteroatoms. The van der Waals surface area contributed by atoms with Crippen molar-refractivity contribution < 1.29 is 4.79 Å². The van der Waals surface area contributed by atoms with Crippen LogP contribution >= 0.6 is 0 Å². The Bertz CT molecular complexity index is 459. The highest BCUT2D eigenvalue weighted by molar-refractivity contribution is 5.75. The molecule has 0 aromatic heterocycles. The molecule has 234 valence electrons. The van der Waals surface area contributed by atoms with Gasteiger partial charge in [-0.3, -0.25) is 4.79 Å². The molecule has 0 heterocycles. The highest BCUT2D eigenvalue weighted by atomic mass is 16.1. The molecule has 3 nitrogen and oxygen atoms in total. The van der Waals surface area contributed by atoms with Crippen LogP contribution in [-0.2, 0) is 4.79 Å². The molecule has 39 heavy (non-hydrogen) atoms. The summed E-state index contributed by atoms with van der Waals surface area (Å²) in [6.45, 7) is 6.48. The number of rotatable bonds is 32. The summed E-state index contributed by atoms with van der Waals surface area (Å²) in [5.74, 6) is 1.22. The molecule has 0 aromatic carbocycles. The van der Waals surface area contributed by atoms with Gasteiger partial charge in [0.1, 0.15) is 0 Å². The molecule has 0 radical (unpaired) electrons. The van der Waals surface area contributed by atoms with Crippen molar-refractivity contribution in [2.75, 3.05) is 27.2 Å². The summed E-state index contributed by atoms with van der Waals surface area (Å²) in [7, 11) is 4.12. The molecule has 0 spiro atoms. The van der Waals surface area contributed by atoms with Crippen LogP contribution in [0, 0.1) is 5.92 Å². The van der Waals surface area contributed by atoms with Crippen molar-refractivity contribution in [1.29, 1.82) is 0 Å². The van der Waals surface area contributed by atoms with Crippen LogP contribution in [-0.4, -0.2) is 38.0 Å². The third kappa shape index (κ3) is 31.8. The molecule has 0 aliphatic rings. The molecule has 1 N–H and O–H groups in total. The minimum Gasteiger partial charge on any atom is -0.356 e. The van der Waals surface area contributed by atoms with Gasteiger partial charge in [-0.2, -0.15) is 0 Å². The summed E-state index contributed by atoms with van der Waals surface area (Å²) in [4.78, 5) is 14.0. The molecule has 0 aliphatic heterocycles. The van der Waals surface area contributed by atoms with Gasteiger partial charge in [-0.05, 0) is 39.4 Å². The second-order valence-electron chi connectivity index (χ2n) is 12.9. The first kappa shape index (κ1) is 38.4. The van der Waals surface area contributed by atoms with E-state index in [1.54, 1.807) is 0 Å². The SMILES string of the molecule is CCCCCCCCCCC(CCCCCCCCCC)CCCCCCCCCNC(=O)CCCN(C)C. The van der Waals surface area contributed by atoms with E-state index < -0.39 is 0 Å². The zero-order valence-electron chi connectivity index (χ0n) is 27.6. The second-order valence-corrected chi connectivity index (χ2v) is 12.9. The number of nitrogens with one attached hydrogen (secondary N) is 1. The van der Waals surface area contributed by atoms with Gasteiger partial charge in [-0.15, -0.1) is 0 Å². The Hall–Kier alpha value is -0.570. The predicted molar refractivity (Wildman–Crippen MR) is 176 cm³/mol. The number of amides is 1. The standard InChI is InChI=1S/C36H74N2O/c1-5-7-9-11-13-16-20-24-29-35(30-25-21-17-14-12-10-8-6-2)31-26-22-18-15-19-23-27-33-37-36(39)32-28-34-38(3)4/h35H,5-34H2,1-4H3,(H,37,39). The highest BCUT2D eigenvalue weighted by Gasteiger charge is 2.09. The van der Waals surface area contributed by atoms with Crippen molar-refractivity contribution in [1.82, 2.24) is 10.2 Å². The van der Waals surface area contributed by atoms with E-state index in [0.717, 1.165) is 31.8 Å². The van der Waals surface area contributed by atoms with Crippen molar-refractivity contribution in [3.8, 4) is 0 Å². The quantitative estimate of drug-likeness (QED) is 0.0845. The molecule has 0 saturated carbocycles. The van der Waals surface area contributed by atoms with Gasteiger partial charge in [0.2, 0.25) is 5.91 Å². The lowest BCUT2D eigenvalue weighted by Gasteiger charge is -2.17. The minimum atomic E-state index is 0.227. The van der Waals surface area contributed by atoms with Crippen molar-refractivity contribution in [2.24, 2.45) is 5.92 Å². The van der Waals surface area contributed by atoms with E-state index >= 15 is 0 Å². The van der Waals surface area contributed by atoms with E-state index in [1.165, 1.54) is 161 Å². The summed E-state index contributed by atoms with van der Waals surface area (Å²) < 4.78 is 0. The monoisotopic (exact) mass is 551 g/mol. The van der Waals surface area contributed by atoms with E-state index in [1.807, 2.05) is 0 Å². The van der Waals surface area contributed by atoms with Crippen LogP contribution in [0.4, 0.5) is 0 Å². The van der Waals surface area contributed by atoms with Gasteiger partial charge in [0.15, 0.2) is 0 Å². The van der Waals surface area contributed by atoms with Crippen LogP contribution in [0.15, 0.2) is 0 Å². The van der Waals surface area contributed by atoms with Crippen molar-refractivity contribution in [3.05, 3.63) is 0 Å². The van der Waals surface area contributed by atoms with E-state index in [-0.39, 0.29) is 5.91 Å². The lowest BCUT2D eigenvalue weighted by molar-refractivity contribution is -0.121. The number of hydrogen-bond acceptors (Lipinski definition) is 2. The Morgan fingerprint density at radius 3 is 1.26 bits per heavy atom. The van der Waals surface area contributed by atoms with E-state index in [9.17, 15) is 4.79 Å². The molecular weight excluding hydrogens is 476 g/mol. The molecule has 0 unspecified atom stereocenters. The smallest absolute Gasteiger partial charge is 0.220 e. The first-order valence-corrected chi connectivity index (χ1v) is 18.0. The first-order valence-electron chi connectivity index (χ1n) is 18.0. The Morgan fingerprint density at radius 1 is 0.513 bits per heavy atom. The number of nitrogens with zero attached hydrogens (tertiary/aromatic N) is 1. The fourth-order valence-electron chi connectivity index (χ4n) is 5.88. The maximum atomic E-state index is 11.9. The molecule has 0 bridgehead atoms. The third-order valence-electron chi connectivity index (χ3n) is 8.55. The van der Waals surface area contributed by atoms with Gasteiger partial charge >= 0.3 is 0 Å². The molecule has 0 rings (SSSR count). The largest absolute Gasteiger partial charge is 0.356 e. The summed E-state index contributed by atoms with van der Waals surface area (Å²) >= 11 is 0. The number of carbonyl (C=O) groups excluding carboxylic acids is 1. The number of carbonyl (C=O) groups is 1. The zero-order valence-corrected chi connectivity index (χ0v) is 27.6. The van der Waals surface area contributed by atoms with Crippen LogP contribution in [0.3, 0.4) is 0 Å². The Balaban J connectivity index is 3.85. The summed E-state index contributed by atoms with van der Waals surface area (Å²) in [6, 6.07) is 0. The first-order chi connectivity index (χ1) is 19.1. The second kappa shape index (κ2) is 32.0. The van der Waals surface area contributed by atoms with Gasteiger partial charge < -0.3 is 10.2 Å². The molecule has 0 aliphatic carbocycles. The average Bonchev–Trinajstić information content (AvgIpc) is 2.91. The minimum absolute atomic E-state index is 0.227. The predicted octanol–water partition coefficient (Wildman–Crippen LogP) is 11.2. The normalized spacial score (nSPS) is 11.6. The summed E-state index contributed by atoms with van der Waals surface area (Å²) in [5.41, 5.74) is 0. The van der Waals surface area contributed by atoms with E-state index in [4.69, 9.17) is 0 Å². The van der Waals surface area contributed by atoms with Crippen LogP contribution in [0.25, 0.3) is 0 Å². The molecule has 0 saturated heterocycles. The van der Waals surface area contributed by atoms with Crippen LogP contribution in [0.2, 0.25) is 0 Å². The van der Waals surface area contributed by atoms with Crippen molar-refractivity contribution in [2.45, 2.75) is 194 Å².